The summed E-state index contributed by atoms with van der Waals surface area (Å²) in [5.74, 6) is -2.36. The Morgan fingerprint density at radius 1 is 0.300 bits per heavy atom. The van der Waals surface area contributed by atoms with E-state index in [1.54, 1.807) is 6.08 Å². The molecule has 5 atom stereocenters. The molecular weight excluding hydrogens is 1310 g/mol. The first kappa shape index (κ1) is 95.2. The highest BCUT2D eigenvalue weighted by Gasteiger charge is 2.30. The highest BCUT2D eigenvalue weighted by molar-refractivity contribution is 7.47. The number of carbonyl (C=O) groups excluding carboxylic acids is 4. The van der Waals surface area contributed by atoms with Crippen LogP contribution in [0.2, 0.25) is 0 Å². The molecule has 0 aromatic carbocycles. The number of aliphatic hydroxyl groups is 1. The Morgan fingerprint density at radius 2 is 0.560 bits per heavy atom. The first-order chi connectivity index (χ1) is 48.7. The second-order valence-corrected chi connectivity index (χ2v) is 28.1. The van der Waals surface area contributed by atoms with Crippen molar-refractivity contribution in [2.24, 2.45) is 0 Å². The summed E-state index contributed by atoms with van der Waals surface area (Å²) >= 11 is 0. The molecular formula is C81H136O17P2. The Bertz CT molecular complexity index is 2420. The van der Waals surface area contributed by atoms with Gasteiger partial charge in [-0.3, -0.25) is 37.3 Å². The van der Waals surface area contributed by atoms with Crippen molar-refractivity contribution in [2.45, 2.75) is 316 Å². The zero-order valence-electron chi connectivity index (χ0n) is 62.3. The summed E-state index contributed by atoms with van der Waals surface area (Å²) in [6.07, 6.45) is 80.4. The zero-order valence-corrected chi connectivity index (χ0v) is 64.1. The molecule has 0 amide bonds. The number of rotatable bonds is 71. The molecule has 19 heteroatoms. The van der Waals surface area contributed by atoms with Crippen LogP contribution in [0.3, 0.4) is 0 Å². The van der Waals surface area contributed by atoms with Gasteiger partial charge in [0.2, 0.25) is 0 Å². The first-order valence-corrected chi connectivity index (χ1v) is 41.4. The number of ether oxygens (including phenoxy) is 4. The van der Waals surface area contributed by atoms with Gasteiger partial charge in [0.25, 0.3) is 0 Å². The van der Waals surface area contributed by atoms with E-state index in [-0.39, 0.29) is 25.7 Å². The van der Waals surface area contributed by atoms with E-state index in [9.17, 15) is 43.2 Å². The Kier molecular flexibility index (Phi) is 69.1. The fourth-order valence-corrected chi connectivity index (χ4v) is 11.4. The number of unbranched alkanes of at least 4 members (excludes halogenated alkanes) is 24. The number of hydrogen-bond donors (Lipinski definition) is 3. The Labute approximate surface area is 605 Å². The van der Waals surface area contributed by atoms with Gasteiger partial charge in [0.05, 0.1) is 32.8 Å². The molecule has 572 valence electrons. The minimum atomic E-state index is -5.00. The number of esters is 4. The molecule has 0 aromatic rings. The Balaban J connectivity index is 5.43. The van der Waals surface area contributed by atoms with Gasteiger partial charge in [0.1, 0.15) is 19.3 Å². The van der Waals surface area contributed by atoms with Crippen LogP contribution in [0.25, 0.3) is 0 Å². The van der Waals surface area contributed by atoms with Crippen molar-refractivity contribution in [1.29, 1.82) is 0 Å². The third-order valence-electron chi connectivity index (χ3n) is 15.6. The van der Waals surface area contributed by atoms with Crippen LogP contribution in [0.4, 0.5) is 0 Å². The van der Waals surface area contributed by atoms with Crippen LogP contribution in [0.1, 0.15) is 297 Å². The van der Waals surface area contributed by atoms with E-state index < -0.39 is 97.5 Å². The van der Waals surface area contributed by atoms with Crippen molar-refractivity contribution >= 4 is 39.5 Å². The van der Waals surface area contributed by atoms with Gasteiger partial charge in [-0.25, -0.2) is 9.13 Å². The van der Waals surface area contributed by atoms with E-state index in [2.05, 4.69) is 137 Å². The topological polar surface area (TPSA) is 237 Å². The van der Waals surface area contributed by atoms with Gasteiger partial charge in [-0.05, 0) is 141 Å². The van der Waals surface area contributed by atoms with Crippen molar-refractivity contribution in [3.05, 3.63) is 134 Å². The van der Waals surface area contributed by atoms with Crippen LogP contribution in [0.5, 0.6) is 0 Å². The molecule has 0 fully saturated rings. The fourth-order valence-electron chi connectivity index (χ4n) is 9.80. The third kappa shape index (κ3) is 71.6. The molecule has 0 aromatic heterocycles. The van der Waals surface area contributed by atoms with Crippen molar-refractivity contribution in [2.75, 3.05) is 39.6 Å². The number of aliphatic hydroxyl groups excluding tert-OH is 1. The van der Waals surface area contributed by atoms with Crippen molar-refractivity contribution in [1.82, 2.24) is 0 Å². The molecule has 0 aliphatic heterocycles. The van der Waals surface area contributed by atoms with Gasteiger partial charge in [0, 0.05) is 19.3 Å². The van der Waals surface area contributed by atoms with E-state index in [0.717, 1.165) is 173 Å². The lowest BCUT2D eigenvalue weighted by Gasteiger charge is -2.21. The molecule has 0 saturated carbocycles. The maximum Gasteiger partial charge on any atom is 0.472 e. The van der Waals surface area contributed by atoms with Gasteiger partial charge in [-0.2, -0.15) is 0 Å². The SMILES string of the molecule is CC/C=C\C/C=C\C/C=C\C/C=C\C/C=C\CC(=O)OCC(COP(=O)(O)OCC(O)COP(=O)(O)OCC(COC(=O)CCCCCCCCC/C=C\C/C=C\C/C=C\CC)OC(=O)CCCCCCC/C=C\C/C=C\CCCCC)OC(=O)CCCCCCC/C=C\CCCCCC. The van der Waals surface area contributed by atoms with E-state index in [4.69, 9.17) is 37.0 Å². The highest BCUT2D eigenvalue weighted by Crippen LogP contribution is 2.45. The molecule has 0 spiro atoms. The smallest absolute Gasteiger partial charge is 0.462 e. The summed E-state index contributed by atoms with van der Waals surface area (Å²) in [5, 5.41) is 10.6. The minimum Gasteiger partial charge on any atom is -0.462 e. The van der Waals surface area contributed by atoms with Crippen molar-refractivity contribution in [3.63, 3.8) is 0 Å². The van der Waals surface area contributed by atoms with E-state index in [1.165, 1.54) is 44.9 Å². The van der Waals surface area contributed by atoms with Gasteiger partial charge >= 0.3 is 39.5 Å². The molecule has 0 aliphatic rings. The second-order valence-electron chi connectivity index (χ2n) is 25.2. The molecule has 3 N–H and O–H groups in total. The van der Waals surface area contributed by atoms with Crippen LogP contribution in [-0.2, 0) is 65.4 Å². The zero-order chi connectivity index (χ0) is 73.2. The molecule has 0 heterocycles. The average Bonchev–Trinajstić information content (AvgIpc) is 0.937. The van der Waals surface area contributed by atoms with Crippen molar-refractivity contribution in [3.8, 4) is 0 Å². The number of allylic oxidation sites excluding steroid dienone is 21. The Hall–Kier alpha value is -4.80. The summed E-state index contributed by atoms with van der Waals surface area (Å²) in [7, 11) is -9.99. The predicted octanol–water partition coefficient (Wildman–Crippen LogP) is 22.1. The summed E-state index contributed by atoms with van der Waals surface area (Å²) in [4.78, 5) is 72.8. The largest absolute Gasteiger partial charge is 0.472 e. The van der Waals surface area contributed by atoms with Crippen LogP contribution in [0.15, 0.2) is 134 Å². The lowest BCUT2D eigenvalue weighted by Crippen LogP contribution is -2.30. The summed E-state index contributed by atoms with van der Waals surface area (Å²) in [6, 6.07) is 0. The molecule has 5 unspecified atom stereocenters. The van der Waals surface area contributed by atoms with E-state index >= 15 is 0 Å². The fraction of sp³-hybridized carbons (Fsp3) is 0.679. The van der Waals surface area contributed by atoms with Crippen LogP contribution >= 0.6 is 15.6 Å². The number of phosphoric ester groups is 2. The van der Waals surface area contributed by atoms with Crippen LogP contribution < -0.4 is 0 Å². The second kappa shape index (κ2) is 72.5. The highest BCUT2D eigenvalue weighted by atomic mass is 31.2. The molecule has 0 aliphatic carbocycles. The Morgan fingerprint density at radius 3 is 0.920 bits per heavy atom. The number of phosphoric acid groups is 2. The summed E-state index contributed by atoms with van der Waals surface area (Å²) in [6.45, 7) is 4.45. The van der Waals surface area contributed by atoms with Crippen LogP contribution in [-0.4, -0.2) is 96.7 Å². The third-order valence-corrected chi connectivity index (χ3v) is 17.5. The lowest BCUT2D eigenvalue weighted by atomic mass is 10.1. The molecule has 0 rings (SSSR count). The molecule has 100 heavy (non-hydrogen) atoms. The van der Waals surface area contributed by atoms with Crippen LogP contribution in [0, 0.1) is 0 Å². The number of hydrogen-bond acceptors (Lipinski definition) is 15. The predicted molar refractivity (Wildman–Crippen MR) is 408 cm³/mol. The van der Waals surface area contributed by atoms with E-state index in [1.807, 2.05) is 18.2 Å². The minimum absolute atomic E-state index is 0.0625. The maximum absolute atomic E-state index is 13.1. The standard InChI is InChI=1S/C81H136O17P2/c1-5-9-13-17-21-25-29-33-36-37-40-43-46-50-54-58-62-66-79(84)92-72-77(98-81(86)68-64-60-56-52-48-44-39-35-31-27-23-19-15-11-7-3)74-96-100(89,90)94-70-75(82)69-93-99(87,88)95-73-76(97-80(85)67-63-59-55-51-47-41-32-28-24-20-16-12-8-4)71-91-78(83)65-61-57-53-49-45-42-38-34-30-26-22-18-14-10-6-2/h9-10,13-14,21-23,25-28,32-36,38-39,45,49,57,61,75-77,82H,5-8,11-12,15-20,24,29-31,37,40-44,46-48,50-56,58-60,62-74H2,1-4H3,(H,87,88)(H,89,90)/b13-9-,14-10-,25-21-,26-22-,27-23-,32-28-,36-33-,38-34-,39-35-,49-45-,61-57-. The van der Waals surface area contributed by atoms with Gasteiger partial charge < -0.3 is 33.8 Å². The molecule has 0 radical (unpaired) electrons. The summed E-state index contributed by atoms with van der Waals surface area (Å²) < 4.78 is 68.3. The monoisotopic (exact) mass is 1440 g/mol. The molecule has 0 saturated heterocycles. The van der Waals surface area contributed by atoms with Crippen molar-refractivity contribution < 1.29 is 80.2 Å². The van der Waals surface area contributed by atoms with Gasteiger partial charge in [-0.1, -0.05) is 264 Å². The molecule has 0 bridgehead atoms. The summed E-state index contributed by atoms with van der Waals surface area (Å²) in [5.41, 5.74) is 0. The first-order valence-electron chi connectivity index (χ1n) is 38.4. The lowest BCUT2D eigenvalue weighted by molar-refractivity contribution is -0.161. The maximum atomic E-state index is 13.1. The molecule has 17 nitrogen and oxygen atoms in total. The normalized spacial score (nSPS) is 14.7. The average molecular weight is 1440 g/mol. The van der Waals surface area contributed by atoms with Gasteiger partial charge in [-0.15, -0.1) is 0 Å². The number of carbonyl (C=O) groups is 4. The van der Waals surface area contributed by atoms with Gasteiger partial charge in [0.15, 0.2) is 12.2 Å². The van der Waals surface area contributed by atoms with E-state index in [0.29, 0.717) is 25.7 Å². The quantitative estimate of drug-likeness (QED) is 0.0169.